The number of benzene rings is 3. The molecule has 0 spiro atoms. The minimum absolute atomic E-state index is 0.0815. The van der Waals surface area contributed by atoms with Crippen molar-refractivity contribution >= 4 is 23.2 Å². The van der Waals surface area contributed by atoms with Crippen LogP contribution in [-0.4, -0.2) is 17.9 Å². The molecule has 0 fully saturated rings. The maximum atomic E-state index is 12.4. The Balaban J connectivity index is 1.60. The summed E-state index contributed by atoms with van der Waals surface area (Å²) in [6.45, 7) is 3.90. The average Bonchev–Trinajstić information content (AvgIpc) is 2.75. The maximum absolute atomic E-state index is 12.4. The summed E-state index contributed by atoms with van der Waals surface area (Å²) < 4.78 is 5.58. The topological polar surface area (TPSA) is 91.2 Å². The molecule has 6 nitrogen and oxygen atoms in total. The Labute approximate surface area is 175 Å². The fourth-order valence-corrected chi connectivity index (χ4v) is 2.70. The first kappa shape index (κ1) is 20.6. The molecule has 2 amide bonds. The van der Waals surface area contributed by atoms with Gasteiger partial charge >= 0.3 is 0 Å². The third kappa shape index (κ3) is 5.46. The number of hydrogen-bond donors (Lipinski definition) is 2. The van der Waals surface area contributed by atoms with Gasteiger partial charge in [-0.1, -0.05) is 0 Å². The number of carbonyl (C=O) groups excluding carboxylic acids is 2. The predicted octanol–water partition coefficient (Wildman–Crippen LogP) is 4.85. The molecule has 6 heteroatoms. The Kier molecular flexibility index (Phi) is 6.46. The standard InChI is InChI=1S/C24H21N3O3/c1-16(2)30-22-13-11-21(12-14-22)27-24(29)19-7-5-18(6-8-19)23(28)26-20-9-3-17(15-25)4-10-20/h3-14,16H,1-2H3,(H,26,28)(H,27,29). The molecule has 0 heterocycles. The second kappa shape index (κ2) is 9.39. The highest BCUT2D eigenvalue weighted by Gasteiger charge is 2.10. The van der Waals surface area contributed by atoms with Crippen LogP contribution in [0.5, 0.6) is 5.75 Å². The lowest BCUT2D eigenvalue weighted by Gasteiger charge is -2.11. The second-order valence-corrected chi connectivity index (χ2v) is 6.87. The monoisotopic (exact) mass is 399 g/mol. The largest absolute Gasteiger partial charge is 0.491 e. The van der Waals surface area contributed by atoms with Crippen LogP contribution in [0.2, 0.25) is 0 Å². The van der Waals surface area contributed by atoms with Gasteiger partial charge in [0.1, 0.15) is 5.75 Å². The Morgan fingerprint density at radius 1 is 0.767 bits per heavy atom. The van der Waals surface area contributed by atoms with Crippen LogP contribution in [-0.2, 0) is 0 Å². The normalized spacial score (nSPS) is 10.2. The molecular weight excluding hydrogens is 378 g/mol. The van der Waals surface area contributed by atoms with E-state index in [1.165, 1.54) is 0 Å². The predicted molar refractivity (Wildman–Crippen MR) is 116 cm³/mol. The van der Waals surface area contributed by atoms with Crippen LogP contribution in [0.25, 0.3) is 0 Å². The van der Waals surface area contributed by atoms with Crippen molar-refractivity contribution in [3.8, 4) is 11.8 Å². The van der Waals surface area contributed by atoms with Gasteiger partial charge in [-0.25, -0.2) is 0 Å². The number of nitrogens with zero attached hydrogens (tertiary/aromatic N) is 1. The molecule has 0 aromatic heterocycles. The SMILES string of the molecule is CC(C)Oc1ccc(NC(=O)c2ccc(C(=O)Nc3ccc(C#N)cc3)cc2)cc1. The zero-order chi connectivity index (χ0) is 21.5. The first-order valence-electron chi connectivity index (χ1n) is 9.44. The van der Waals surface area contributed by atoms with Crippen molar-refractivity contribution in [3.63, 3.8) is 0 Å². The summed E-state index contributed by atoms with van der Waals surface area (Å²) in [5.74, 6) is 0.166. The number of hydrogen-bond acceptors (Lipinski definition) is 4. The van der Waals surface area contributed by atoms with Crippen molar-refractivity contribution in [2.24, 2.45) is 0 Å². The molecule has 150 valence electrons. The van der Waals surface area contributed by atoms with Gasteiger partial charge in [-0.3, -0.25) is 9.59 Å². The van der Waals surface area contributed by atoms with Crippen molar-refractivity contribution in [1.82, 2.24) is 0 Å². The van der Waals surface area contributed by atoms with E-state index in [1.54, 1.807) is 72.8 Å². The number of amides is 2. The first-order valence-corrected chi connectivity index (χ1v) is 9.44. The van der Waals surface area contributed by atoms with Gasteiger partial charge in [-0.2, -0.15) is 5.26 Å². The Hall–Kier alpha value is -4.11. The molecule has 2 N–H and O–H groups in total. The molecule has 0 aliphatic heterocycles. The molecule has 0 saturated heterocycles. The van der Waals surface area contributed by atoms with Gasteiger partial charge in [0.05, 0.1) is 17.7 Å². The third-order valence-corrected chi connectivity index (χ3v) is 4.17. The van der Waals surface area contributed by atoms with E-state index in [0.29, 0.717) is 28.1 Å². The number of rotatable bonds is 6. The molecule has 30 heavy (non-hydrogen) atoms. The van der Waals surface area contributed by atoms with E-state index >= 15 is 0 Å². The lowest BCUT2D eigenvalue weighted by Crippen LogP contribution is -2.14. The summed E-state index contributed by atoms with van der Waals surface area (Å²) in [4.78, 5) is 24.8. The van der Waals surface area contributed by atoms with E-state index < -0.39 is 0 Å². The van der Waals surface area contributed by atoms with E-state index in [1.807, 2.05) is 19.9 Å². The van der Waals surface area contributed by atoms with E-state index in [-0.39, 0.29) is 17.9 Å². The number of anilines is 2. The van der Waals surface area contributed by atoms with Crippen LogP contribution >= 0.6 is 0 Å². The van der Waals surface area contributed by atoms with Gasteiger partial charge in [0.15, 0.2) is 0 Å². The summed E-state index contributed by atoms with van der Waals surface area (Å²) >= 11 is 0. The van der Waals surface area contributed by atoms with Crippen molar-refractivity contribution in [1.29, 1.82) is 5.26 Å². The van der Waals surface area contributed by atoms with E-state index in [9.17, 15) is 9.59 Å². The second-order valence-electron chi connectivity index (χ2n) is 6.87. The van der Waals surface area contributed by atoms with Crippen LogP contribution in [0.1, 0.15) is 40.1 Å². The average molecular weight is 399 g/mol. The van der Waals surface area contributed by atoms with E-state index in [0.717, 1.165) is 5.75 Å². The van der Waals surface area contributed by atoms with Crippen LogP contribution in [0.4, 0.5) is 11.4 Å². The molecule has 3 rings (SSSR count). The van der Waals surface area contributed by atoms with Crippen molar-refractivity contribution in [2.45, 2.75) is 20.0 Å². The van der Waals surface area contributed by atoms with Gasteiger partial charge in [-0.15, -0.1) is 0 Å². The molecule has 3 aromatic carbocycles. The molecule has 0 unspecified atom stereocenters. The maximum Gasteiger partial charge on any atom is 0.255 e. The molecule has 3 aromatic rings. The first-order chi connectivity index (χ1) is 14.4. The Bertz CT molecular complexity index is 1060. The van der Waals surface area contributed by atoms with Gasteiger partial charge in [0, 0.05) is 22.5 Å². The van der Waals surface area contributed by atoms with Crippen molar-refractivity contribution < 1.29 is 14.3 Å². The zero-order valence-electron chi connectivity index (χ0n) is 16.7. The molecule has 0 bridgehead atoms. The van der Waals surface area contributed by atoms with Crippen molar-refractivity contribution in [3.05, 3.63) is 89.5 Å². The van der Waals surface area contributed by atoms with Crippen LogP contribution in [0.3, 0.4) is 0 Å². The van der Waals surface area contributed by atoms with Gasteiger partial charge in [-0.05, 0) is 86.6 Å². The molecule has 0 aliphatic carbocycles. The minimum Gasteiger partial charge on any atom is -0.491 e. The minimum atomic E-state index is -0.299. The van der Waals surface area contributed by atoms with Crippen LogP contribution in [0.15, 0.2) is 72.8 Å². The quantitative estimate of drug-likeness (QED) is 0.620. The number of carbonyl (C=O) groups is 2. The molecular formula is C24H21N3O3. The highest BCUT2D eigenvalue weighted by atomic mass is 16.5. The molecule has 0 saturated carbocycles. The lowest BCUT2D eigenvalue weighted by molar-refractivity contribution is 0.101. The molecule has 0 atom stereocenters. The Morgan fingerprint density at radius 2 is 1.20 bits per heavy atom. The number of ether oxygens (including phenoxy) is 1. The summed E-state index contributed by atoms with van der Waals surface area (Å²) in [6, 6.07) is 22.1. The third-order valence-electron chi connectivity index (χ3n) is 4.17. The van der Waals surface area contributed by atoms with E-state index in [4.69, 9.17) is 10.00 Å². The summed E-state index contributed by atoms with van der Waals surface area (Å²) in [6.07, 6.45) is 0.0815. The lowest BCUT2D eigenvalue weighted by atomic mass is 10.1. The van der Waals surface area contributed by atoms with Crippen molar-refractivity contribution in [2.75, 3.05) is 10.6 Å². The summed E-state index contributed by atoms with van der Waals surface area (Å²) in [5, 5.41) is 14.4. The van der Waals surface area contributed by atoms with Crippen LogP contribution < -0.4 is 15.4 Å². The smallest absolute Gasteiger partial charge is 0.255 e. The molecule has 0 radical (unpaired) electrons. The van der Waals surface area contributed by atoms with Gasteiger partial charge in [0.25, 0.3) is 11.8 Å². The zero-order valence-corrected chi connectivity index (χ0v) is 16.7. The highest BCUT2D eigenvalue weighted by molar-refractivity contribution is 6.07. The number of nitrogens with one attached hydrogen (secondary N) is 2. The van der Waals surface area contributed by atoms with Gasteiger partial charge in [0.2, 0.25) is 0 Å². The fraction of sp³-hybridized carbons (Fsp3) is 0.125. The fourth-order valence-electron chi connectivity index (χ4n) is 2.70. The van der Waals surface area contributed by atoms with Crippen LogP contribution in [0, 0.1) is 11.3 Å². The summed E-state index contributed by atoms with van der Waals surface area (Å²) in [7, 11) is 0. The van der Waals surface area contributed by atoms with Gasteiger partial charge < -0.3 is 15.4 Å². The Morgan fingerprint density at radius 3 is 1.60 bits per heavy atom. The number of nitriles is 1. The molecule has 0 aliphatic rings. The van der Waals surface area contributed by atoms with E-state index in [2.05, 4.69) is 10.6 Å². The highest BCUT2D eigenvalue weighted by Crippen LogP contribution is 2.18. The summed E-state index contributed by atoms with van der Waals surface area (Å²) in [5.41, 5.74) is 2.62.